The lowest BCUT2D eigenvalue weighted by Gasteiger charge is -2.04. The Morgan fingerprint density at radius 1 is 1.11 bits per heavy atom. The van der Waals surface area contributed by atoms with Crippen molar-refractivity contribution in [3.05, 3.63) is 36.0 Å². The van der Waals surface area contributed by atoms with Gasteiger partial charge in [0.25, 0.3) is 0 Å². The summed E-state index contributed by atoms with van der Waals surface area (Å²) in [6, 6.07) is 5.64. The maximum Gasteiger partial charge on any atom is 0.231 e. The van der Waals surface area contributed by atoms with E-state index in [-0.39, 0.29) is 6.79 Å². The summed E-state index contributed by atoms with van der Waals surface area (Å²) in [4.78, 5) is 12.3. The molecule has 2 aromatic heterocycles. The molecule has 0 saturated carbocycles. The van der Waals surface area contributed by atoms with Gasteiger partial charge in [0.2, 0.25) is 6.79 Å². The van der Waals surface area contributed by atoms with E-state index in [1.54, 1.807) is 6.33 Å². The molecule has 0 aliphatic carbocycles. The normalized spacial score (nSPS) is 13.1. The summed E-state index contributed by atoms with van der Waals surface area (Å²) in [5.74, 6) is 1.44. The minimum atomic E-state index is 0.247. The second-order valence-corrected chi connectivity index (χ2v) is 4.35. The minimum absolute atomic E-state index is 0.247. The SMILES string of the molecule is Clc1ncnc2c1ncn2-c1ccc2c(c1)OCO2. The average molecular weight is 275 g/mol. The van der Waals surface area contributed by atoms with E-state index in [0.717, 1.165) is 11.4 Å². The highest BCUT2D eigenvalue weighted by atomic mass is 35.5. The Labute approximate surface area is 112 Å². The largest absolute Gasteiger partial charge is 0.454 e. The Hall–Kier alpha value is -2.34. The van der Waals surface area contributed by atoms with Crippen LogP contribution in [0.25, 0.3) is 16.9 Å². The molecule has 7 heteroatoms. The summed E-state index contributed by atoms with van der Waals surface area (Å²) < 4.78 is 12.5. The van der Waals surface area contributed by atoms with Crippen LogP contribution in [-0.2, 0) is 0 Å². The van der Waals surface area contributed by atoms with Crippen molar-refractivity contribution in [1.82, 2.24) is 19.5 Å². The summed E-state index contributed by atoms with van der Waals surface area (Å²) in [6.07, 6.45) is 3.07. The Morgan fingerprint density at radius 2 is 2.00 bits per heavy atom. The van der Waals surface area contributed by atoms with Gasteiger partial charge < -0.3 is 9.47 Å². The van der Waals surface area contributed by atoms with Gasteiger partial charge in [-0.1, -0.05) is 11.6 Å². The van der Waals surface area contributed by atoms with Crippen LogP contribution in [-0.4, -0.2) is 26.3 Å². The van der Waals surface area contributed by atoms with Crippen molar-refractivity contribution < 1.29 is 9.47 Å². The summed E-state index contributed by atoms with van der Waals surface area (Å²) in [7, 11) is 0. The first-order chi connectivity index (χ1) is 9.33. The number of rotatable bonds is 1. The fourth-order valence-corrected chi connectivity index (χ4v) is 2.21. The molecule has 1 aromatic carbocycles. The van der Waals surface area contributed by atoms with E-state index in [1.807, 2.05) is 22.8 Å². The Balaban J connectivity index is 1.93. The number of halogens is 1. The van der Waals surface area contributed by atoms with Crippen molar-refractivity contribution in [2.45, 2.75) is 0 Å². The Morgan fingerprint density at radius 3 is 2.95 bits per heavy atom. The molecule has 0 atom stereocenters. The molecule has 0 fully saturated rings. The van der Waals surface area contributed by atoms with Crippen LogP contribution in [0.2, 0.25) is 5.15 Å². The van der Waals surface area contributed by atoms with Gasteiger partial charge in [0.1, 0.15) is 18.2 Å². The second-order valence-electron chi connectivity index (χ2n) is 3.99. The van der Waals surface area contributed by atoms with Gasteiger partial charge in [-0.2, -0.15) is 0 Å². The standard InChI is InChI=1S/C12H7ClN4O2/c13-11-10-12(15-4-14-11)17(5-16-10)7-1-2-8-9(3-7)19-6-18-8/h1-5H,6H2. The summed E-state index contributed by atoms with van der Waals surface area (Å²) in [5.41, 5.74) is 2.10. The van der Waals surface area contributed by atoms with Crippen molar-refractivity contribution in [3.8, 4) is 17.2 Å². The molecule has 4 rings (SSSR count). The third kappa shape index (κ3) is 1.53. The van der Waals surface area contributed by atoms with Crippen molar-refractivity contribution in [1.29, 1.82) is 0 Å². The first-order valence-corrected chi connectivity index (χ1v) is 5.94. The van der Waals surface area contributed by atoms with E-state index in [4.69, 9.17) is 21.1 Å². The lowest BCUT2D eigenvalue weighted by Crippen LogP contribution is -1.94. The maximum absolute atomic E-state index is 5.98. The van der Waals surface area contributed by atoms with E-state index in [9.17, 15) is 0 Å². The van der Waals surface area contributed by atoms with Gasteiger partial charge in [0, 0.05) is 6.07 Å². The Kier molecular flexibility index (Phi) is 2.13. The topological polar surface area (TPSA) is 62.1 Å². The molecule has 0 spiro atoms. The van der Waals surface area contributed by atoms with Gasteiger partial charge >= 0.3 is 0 Å². The lowest BCUT2D eigenvalue weighted by atomic mass is 10.3. The number of benzene rings is 1. The summed E-state index contributed by atoms with van der Waals surface area (Å²) in [5, 5.41) is 0.337. The van der Waals surface area contributed by atoms with Crippen molar-refractivity contribution in [3.63, 3.8) is 0 Å². The third-order valence-corrected chi connectivity index (χ3v) is 3.20. The number of hydrogen-bond acceptors (Lipinski definition) is 5. The third-order valence-electron chi connectivity index (χ3n) is 2.92. The van der Waals surface area contributed by atoms with Gasteiger partial charge in [-0.05, 0) is 12.1 Å². The van der Waals surface area contributed by atoms with E-state index >= 15 is 0 Å². The predicted octanol–water partition coefficient (Wildman–Crippen LogP) is 2.20. The highest BCUT2D eigenvalue weighted by Crippen LogP contribution is 2.34. The number of aromatic nitrogens is 4. The smallest absolute Gasteiger partial charge is 0.231 e. The molecule has 6 nitrogen and oxygen atoms in total. The zero-order valence-electron chi connectivity index (χ0n) is 9.58. The molecule has 0 bridgehead atoms. The zero-order chi connectivity index (χ0) is 12.8. The van der Waals surface area contributed by atoms with Gasteiger partial charge in [0.15, 0.2) is 22.3 Å². The van der Waals surface area contributed by atoms with Crippen molar-refractivity contribution >= 4 is 22.8 Å². The van der Waals surface area contributed by atoms with Gasteiger partial charge in [-0.15, -0.1) is 0 Å². The molecule has 1 aliphatic rings. The molecule has 0 unspecified atom stereocenters. The molecule has 19 heavy (non-hydrogen) atoms. The van der Waals surface area contributed by atoms with Crippen LogP contribution in [0.4, 0.5) is 0 Å². The molecule has 0 saturated heterocycles. The number of ether oxygens (including phenoxy) is 2. The fraction of sp³-hybridized carbons (Fsp3) is 0.0833. The number of imidazole rings is 1. The quantitative estimate of drug-likeness (QED) is 0.637. The molecular weight excluding hydrogens is 268 g/mol. The fourth-order valence-electron chi connectivity index (χ4n) is 2.03. The van der Waals surface area contributed by atoms with Crippen LogP contribution < -0.4 is 9.47 Å². The van der Waals surface area contributed by atoms with E-state index in [1.165, 1.54) is 6.33 Å². The number of fused-ring (bicyclic) bond motifs is 2. The van der Waals surface area contributed by atoms with E-state index < -0.39 is 0 Å². The van der Waals surface area contributed by atoms with Crippen LogP contribution in [0.3, 0.4) is 0 Å². The number of hydrogen-bond donors (Lipinski definition) is 0. The molecule has 0 radical (unpaired) electrons. The Bertz CT molecular complexity index is 786. The lowest BCUT2D eigenvalue weighted by molar-refractivity contribution is 0.174. The first kappa shape index (κ1) is 10.6. The van der Waals surface area contributed by atoms with Crippen LogP contribution >= 0.6 is 11.6 Å². The number of nitrogens with zero attached hydrogens (tertiary/aromatic N) is 4. The minimum Gasteiger partial charge on any atom is -0.454 e. The van der Waals surface area contributed by atoms with E-state index in [2.05, 4.69) is 15.0 Å². The van der Waals surface area contributed by atoms with Crippen LogP contribution in [0.1, 0.15) is 0 Å². The molecular formula is C12H7ClN4O2. The summed E-state index contributed by atoms with van der Waals surface area (Å²) in [6.45, 7) is 0.247. The molecule has 94 valence electrons. The molecule has 0 amide bonds. The predicted molar refractivity (Wildman–Crippen MR) is 67.8 cm³/mol. The van der Waals surface area contributed by atoms with Crippen LogP contribution in [0.15, 0.2) is 30.9 Å². The maximum atomic E-state index is 5.98. The average Bonchev–Trinajstić information content (AvgIpc) is 3.04. The van der Waals surface area contributed by atoms with Gasteiger partial charge in [-0.3, -0.25) is 4.57 Å². The molecule has 0 N–H and O–H groups in total. The van der Waals surface area contributed by atoms with Crippen molar-refractivity contribution in [2.24, 2.45) is 0 Å². The van der Waals surface area contributed by atoms with Gasteiger partial charge in [0.05, 0.1) is 5.69 Å². The van der Waals surface area contributed by atoms with Crippen molar-refractivity contribution in [2.75, 3.05) is 6.79 Å². The second kappa shape index (κ2) is 3.83. The highest BCUT2D eigenvalue weighted by Gasteiger charge is 2.16. The monoisotopic (exact) mass is 274 g/mol. The molecule has 3 heterocycles. The summed E-state index contributed by atoms with van der Waals surface area (Å²) >= 11 is 5.98. The van der Waals surface area contributed by atoms with E-state index in [0.29, 0.717) is 22.1 Å². The van der Waals surface area contributed by atoms with Crippen LogP contribution in [0.5, 0.6) is 11.5 Å². The first-order valence-electron chi connectivity index (χ1n) is 5.56. The van der Waals surface area contributed by atoms with Gasteiger partial charge in [-0.25, -0.2) is 15.0 Å². The molecule has 1 aliphatic heterocycles. The van der Waals surface area contributed by atoms with Crippen LogP contribution in [0, 0.1) is 0 Å². The highest BCUT2D eigenvalue weighted by molar-refractivity contribution is 6.33. The zero-order valence-corrected chi connectivity index (χ0v) is 10.3. The molecule has 3 aromatic rings.